The van der Waals surface area contributed by atoms with Gasteiger partial charge in [-0.2, -0.15) is 0 Å². The number of hydrogen-bond acceptors (Lipinski definition) is 6. The first-order chi connectivity index (χ1) is 9.31. The van der Waals surface area contributed by atoms with Gasteiger partial charge in [-0.05, 0) is 24.1 Å². The van der Waals surface area contributed by atoms with E-state index in [-0.39, 0.29) is 17.3 Å². The van der Waals surface area contributed by atoms with E-state index in [0.29, 0.717) is 16.9 Å². The summed E-state index contributed by atoms with van der Waals surface area (Å²) in [4.78, 5) is 0. The molecular weight excluding hydrogens is 280 g/mol. The maximum Gasteiger partial charge on any atom is 0.175 e. The molecule has 7 heteroatoms. The standard InChI is InChI=1S/C13H16N2O4S/c1-8-4-5-9(6-10(8)18-2)12-11(7-20(3,16)17)19-15-13(12)14/h4-6H,7H2,1-3H3,(H2,14,15). The number of rotatable bonds is 4. The molecule has 0 saturated heterocycles. The number of nitrogen functional groups attached to an aromatic ring is 1. The molecule has 0 saturated carbocycles. The molecule has 0 fully saturated rings. The van der Waals surface area contributed by atoms with Crippen LogP contribution in [0.5, 0.6) is 5.75 Å². The zero-order valence-corrected chi connectivity index (χ0v) is 12.3. The molecule has 0 atom stereocenters. The van der Waals surface area contributed by atoms with Crippen LogP contribution in [0.3, 0.4) is 0 Å². The normalized spacial score (nSPS) is 11.6. The zero-order chi connectivity index (χ0) is 14.9. The number of hydrogen-bond donors (Lipinski definition) is 1. The van der Waals surface area contributed by atoms with E-state index in [1.165, 1.54) is 0 Å². The van der Waals surface area contributed by atoms with Crippen molar-refractivity contribution in [3.63, 3.8) is 0 Å². The van der Waals surface area contributed by atoms with Crippen LogP contribution in [0.1, 0.15) is 11.3 Å². The van der Waals surface area contributed by atoms with Gasteiger partial charge in [-0.25, -0.2) is 8.42 Å². The topological polar surface area (TPSA) is 95.4 Å². The Balaban J connectivity index is 2.55. The van der Waals surface area contributed by atoms with Gasteiger partial charge in [-0.15, -0.1) is 0 Å². The number of nitrogens with zero attached hydrogens (tertiary/aromatic N) is 1. The number of methoxy groups -OCH3 is 1. The van der Waals surface area contributed by atoms with E-state index in [0.717, 1.165) is 11.8 Å². The Hall–Kier alpha value is -2.02. The van der Waals surface area contributed by atoms with Crippen molar-refractivity contribution in [1.82, 2.24) is 5.16 Å². The highest BCUT2D eigenvalue weighted by Crippen LogP contribution is 2.33. The van der Waals surface area contributed by atoms with Gasteiger partial charge >= 0.3 is 0 Å². The first-order valence-electron chi connectivity index (χ1n) is 5.88. The Bertz CT molecular complexity index is 735. The average molecular weight is 296 g/mol. The maximum absolute atomic E-state index is 11.4. The fourth-order valence-electron chi connectivity index (χ4n) is 1.96. The fraction of sp³-hybridized carbons (Fsp3) is 0.308. The molecule has 2 N–H and O–H groups in total. The lowest BCUT2D eigenvalue weighted by molar-refractivity contribution is 0.396. The number of aromatic nitrogens is 1. The summed E-state index contributed by atoms with van der Waals surface area (Å²) in [5, 5.41) is 3.65. The Morgan fingerprint density at radius 1 is 1.40 bits per heavy atom. The van der Waals surface area contributed by atoms with E-state index in [9.17, 15) is 8.42 Å². The molecule has 1 aromatic heterocycles. The third-order valence-electron chi connectivity index (χ3n) is 2.88. The van der Waals surface area contributed by atoms with E-state index < -0.39 is 9.84 Å². The maximum atomic E-state index is 11.4. The third-order valence-corrected chi connectivity index (χ3v) is 3.67. The van der Waals surface area contributed by atoms with Crippen molar-refractivity contribution in [3.8, 4) is 16.9 Å². The van der Waals surface area contributed by atoms with Gasteiger partial charge in [0, 0.05) is 6.26 Å². The molecule has 0 aliphatic carbocycles. The molecule has 1 heterocycles. The Labute approximate surface area is 117 Å². The summed E-state index contributed by atoms with van der Waals surface area (Å²) in [6.07, 6.45) is 1.13. The van der Waals surface area contributed by atoms with Gasteiger partial charge in [-0.3, -0.25) is 0 Å². The van der Waals surface area contributed by atoms with Crippen LogP contribution in [0.25, 0.3) is 11.1 Å². The van der Waals surface area contributed by atoms with Crippen LogP contribution >= 0.6 is 0 Å². The van der Waals surface area contributed by atoms with E-state index in [4.69, 9.17) is 15.0 Å². The fourth-order valence-corrected chi connectivity index (χ4v) is 2.63. The second-order valence-corrected chi connectivity index (χ2v) is 6.76. The van der Waals surface area contributed by atoms with E-state index in [2.05, 4.69) is 5.16 Å². The molecule has 1 aromatic carbocycles. The number of sulfone groups is 1. The minimum Gasteiger partial charge on any atom is -0.496 e. The van der Waals surface area contributed by atoms with Gasteiger partial charge in [0.15, 0.2) is 21.4 Å². The predicted octanol–water partition coefficient (Wildman–Crippen LogP) is 1.79. The van der Waals surface area contributed by atoms with Crippen molar-refractivity contribution < 1.29 is 17.7 Å². The first-order valence-corrected chi connectivity index (χ1v) is 7.94. The molecule has 108 valence electrons. The quantitative estimate of drug-likeness (QED) is 0.924. The molecule has 6 nitrogen and oxygen atoms in total. The Morgan fingerprint density at radius 3 is 2.70 bits per heavy atom. The van der Waals surface area contributed by atoms with Crippen molar-refractivity contribution in [2.75, 3.05) is 19.1 Å². The number of aryl methyl sites for hydroxylation is 1. The lowest BCUT2D eigenvalue weighted by atomic mass is 10.0. The molecule has 0 unspecified atom stereocenters. The molecule has 0 bridgehead atoms. The van der Waals surface area contributed by atoms with E-state index in [1.807, 2.05) is 19.1 Å². The smallest absolute Gasteiger partial charge is 0.175 e. The van der Waals surface area contributed by atoms with Crippen molar-refractivity contribution in [1.29, 1.82) is 0 Å². The van der Waals surface area contributed by atoms with Gasteiger partial charge < -0.3 is 15.0 Å². The van der Waals surface area contributed by atoms with Crippen LogP contribution < -0.4 is 10.5 Å². The average Bonchev–Trinajstić information content (AvgIpc) is 2.69. The summed E-state index contributed by atoms with van der Waals surface area (Å²) in [7, 11) is -1.67. The number of anilines is 1. The zero-order valence-electron chi connectivity index (χ0n) is 11.5. The number of nitrogens with two attached hydrogens (primary N) is 1. The molecule has 2 aromatic rings. The monoisotopic (exact) mass is 296 g/mol. The van der Waals surface area contributed by atoms with Crippen LogP contribution in [-0.4, -0.2) is 26.9 Å². The molecule has 0 aliphatic heterocycles. The van der Waals surface area contributed by atoms with Gasteiger partial charge in [0.25, 0.3) is 0 Å². The summed E-state index contributed by atoms with van der Waals surface area (Å²) >= 11 is 0. The van der Waals surface area contributed by atoms with Crippen LogP contribution in [-0.2, 0) is 15.6 Å². The summed E-state index contributed by atoms with van der Waals surface area (Å²) in [5.74, 6) is 0.835. The SMILES string of the molecule is COc1cc(-c2c(N)noc2CS(C)(=O)=O)ccc1C. The summed E-state index contributed by atoms with van der Waals surface area (Å²) in [5.41, 5.74) is 7.96. The molecule has 0 amide bonds. The van der Waals surface area contributed by atoms with Crippen LogP contribution in [0, 0.1) is 6.92 Å². The van der Waals surface area contributed by atoms with Gasteiger partial charge in [0.2, 0.25) is 0 Å². The summed E-state index contributed by atoms with van der Waals surface area (Å²) in [6, 6.07) is 5.47. The van der Waals surface area contributed by atoms with E-state index in [1.54, 1.807) is 13.2 Å². The third kappa shape index (κ3) is 2.93. The molecule has 0 radical (unpaired) electrons. The molecule has 0 aliphatic rings. The summed E-state index contributed by atoms with van der Waals surface area (Å²) < 4.78 is 33.1. The highest BCUT2D eigenvalue weighted by atomic mass is 32.2. The second-order valence-electron chi connectivity index (χ2n) is 4.62. The Morgan fingerprint density at radius 2 is 2.10 bits per heavy atom. The van der Waals surface area contributed by atoms with Crippen LogP contribution in [0.4, 0.5) is 5.82 Å². The molecular formula is C13H16N2O4S. The predicted molar refractivity (Wildman–Crippen MR) is 76.2 cm³/mol. The first kappa shape index (κ1) is 14.4. The highest BCUT2D eigenvalue weighted by molar-refractivity contribution is 7.89. The van der Waals surface area contributed by atoms with Gasteiger partial charge in [-0.1, -0.05) is 17.3 Å². The lowest BCUT2D eigenvalue weighted by Gasteiger charge is -2.07. The summed E-state index contributed by atoms with van der Waals surface area (Å²) in [6.45, 7) is 1.91. The largest absolute Gasteiger partial charge is 0.496 e. The highest BCUT2D eigenvalue weighted by Gasteiger charge is 2.20. The molecule has 20 heavy (non-hydrogen) atoms. The molecule has 0 spiro atoms. The van der Waals surface area contributed by atoms with Gasteiger partial charge in [0.05, 0.1) is 12.7 Å². The van der Waals surface area contributed by atoms with Gasteiger partial charge in [0.1, 0.15) is 11.5 Å². The molecule has 2 rings (SSSR count). The van der Waals surface area contributed by atoms with E-state index >= 15 is 0 Å². The number of benzene rings is 1. The van der Waals surface area contributed by atoms with Crippen LogP contribution in [0.15, 0.2) is 22.7 Å². The van der Waals surface area contributed by atoms with Crippen molar-refractivity contribution in [2.45, 2.75) is 12.7 Å². The minimum atomic E-state index is -3.24. The van der Waals surface area contributed by atoms with Crippen molar-refractivity contribution in [2.24, 2.45) is 0 Å². The second kappa shape index (κ2) is 5.16. The number of ether oxygens (including phenoxy) is 1. The van der Waals surface area contributed by atoms with Crippen LogP contribution in [0.2, 0.25) is 0 Å². The Kier molecular flexibility index (Phi) is 3.71. The minimum absolute atomic E-state index is 0.162. The van der Waals surface area contributed by atoms with Crippen molar-refractivity contribution in [3.05, 3.63) is 29.5 Å². The van der Waals surface area contributed by atoms with Crippen molar-refractivity contribution >= 4 is 15.7 Å². The lowest BCUT2D eigenvalue weighted by Crippen LogP contribution is -2.01.